The number of rotatable bonds is 5. The normalized spacial score (nSPS) is 16.2. The Morgan fingerprint density at radius 3 is 3.05 bits per heavy atom. The molecule has 1 unspecified atom stereocenters. The van der Waals surface area contributed by atoms with Crippen LogP contribution in [0.25, 0.3) is 10.1 Å². The lowest BCUT2D eigenvalue weighted by atomic mass is 10.1. The molecule has 1 N–H and O–H groups in total. The minimum atomic E-state index is -0.180. The van der Waals surface area contributed by atoms with Gasteiger partial charge in [0.15, 0.2) is 0 Å². The number of fused-ring (bicyclic) bond motifs is 1. The molecule has 1 aromatic carbocycles. The van der Waals surface area contributed by atoms with Gasteiger partial charge in [0.1, 0.15) is 11.6 Å². The summed E-state index contributed by atoms with van der Waals surface area (Å²) in [6, 6.07) is 7.18. The van der Waals surface area contributed by atoms with Crippen molar-refractivity contribution < 1.29 is 9.13 Å². The standard InChI is InChI=1S/C16H18FNOS/c1-2-7-18-16(13-4-3-8-19-13)15-9-11-5-6-12(17)10-14(11)20-15/h4-6,9-10,16,18H,2-3,7-8H2,1H3. The number of nitrogens with one attached hydrogen (secondary N) is 1. The molecule has 0 saturated heterocycles. The van der Waals surface area contributed by atoms with Gasteiger partial charge in [-0.3, -0.25) is 0 Å². The predicted molar refractivity (Wildman–Crippen MR) is 81.5 cm³/mol. The molecule has 20 heavy (non-hydrogen) atoms. The molecular formula is C16H18FNOS. The van der Waals surface area contributed by atoms with Gasteiger partial charge in [-0.1, -0.05) is 13.0 Å². The highest BCUT2D eigenvalue weighted by atomic mass is 32.1. The van der Waals surface area contributed by atoms with Gasteiger partial charge in [0, 0.05) is 16.0 Å². The van der Waals surface area contributed by atoms with Gasteiger partial charge in [0.2, 0.25) is 0 Å². The molecule has 2 nitrogen and oxygen atoms in total. The molecule has 1 aromatic heterocycles. The summed E-state index contributed by atoms with van der Waals surface area (Å²) in [5.41, 5.74) is 0. The Balaban J connectivity index is 1.95. The third-order valence-electron chi connectivity index (χ3n) is 3.40. The predicted octanol–water partition coefficient (Wildman–Crippen LogP) is 4.39. The van der Waals surface area contributed by atoms with Crippen LogP contribution in [0.4, 0.5) is 4.39 Å². The summed E-state index contributed by atoms with van der Waals surface area (Å²) in [6.07, 6.45) is 4.20. The van der Waals surface area contributed by atoms with E-state index in [1.807, 2.05) is 6.07 Å². The van der Waals surface area contributed by atoms with Crippen LogP contribution >= 0.6 is 11.3 Å². The van der Waals surface area contributed by atoms with E-state index >= 15 is 0 Å². The summed E-state index contributed by atoms with van der Waals surface area (Å²) in [6.45, 7) is 3.85. The highest BCUT2D eigenvalue weighted by molar-refractivity contribution is 7.19. The van der Waals surface area contributed by atoms with Crippen LogP contribution in [0.3, 0.4) is 0 Å². The Morgan fingerprint density at radius 2 is 2.30 bits per heavy atom. The maximum absolute atomic E-state index is 13.3. The molecule has 0 bridgehead atoms. The number of hydrogen-bond donors (Lipinski definition) is 1. The van der Waals surface area contributed by atoms with Gasteiger partial charge < -0.3 is 10.1 Å². The molecule has 3 rings (SSSR count). The van der Waals surface area contributed by atoms with Gasteiger partial charge >= 0.3 is 0 Å². The molecule has 0 spiro atoms. The first-order valence-electron chi connectivity index (χ1n) is 7.03. The number of halogens is 1. The van der Waals surface area contributed by atoms with E-state index in [0.717, 1.165) is 41.8 Å². The molecule has 1 aliphatic rings. The molecule has 2 aromatic rings. The first-order chi connectivity index (χ1) is 9.78. The Kier molecular flexibility index (Phi) is 4.03. The molecule has 1 atom stereocenters. The second kappa shape index (κ2) is 5.94. The first kappa shape index (κ1) is 13.6. The molecular weight excluding hydrogens is 273 g/mol. The zero-order chi connectivity index (χ0) is 13.9. The van der Waals surface area contributed by atoms with Crippen molar-refractivity contribution in [2.45, 2.75) is 25.8 Å². The van der Waals surface area contributed by atoms with Gasteiger partial charge in [-0.25, -0.2) is 4.39 Å². The largest absolute Gasteiger partial charge is 0.496 e. The number of ether oxygens (including phenoxy) is 1. The molecule has 2 heterocycles. The number of hydrogen-bond acceptors (Lipinski definition) is 3. The van der Waals surface area contributed by atoms with Crippen molar-refractivity contribution in [2.75, 3.05) is 13.2 Å². The maximum atomic E-state index is 13.3. The minimum absolute atomic E-state index is 0.0953. The molecule has 0 aliphatic carbocycles. The Hall–Kier alpha value is -1.39. The van der Waals surface area contributed by atoms with Crippen LogP contribution in [-0.4, -0.2) is 13.2 Å². The SMILES string of the molecule is CCCNC(C1=CCCO1)c1cc2ccc(F)cc2s1. The van der Waals surface area contributed by atoms with E-state index in [0.29, 0.717) is 0 Å². The summed E-state index contributed by atoms with van der Waals surface area (Å²) >= 11 is 1.63. The summed E-state index contributed by atoms with van der Waals surface area (Å²) in [7, 11) is 0. The van der Waals surface area contributed by atoms with Crippen molar-refractivity contribution >= 4 is 21.4 Å². The lowest BCUT2D eigenvalue weighted by Gasteiger charge is -2.18. The third kappa shape index (κ3) is 2.72. The summed E-state index contributed by atoms with van der Waals surface area (Å²) in [5.74, 6) is 0.825. The number of thiophene rings is 1. The smallest absolute Gasteiger partial charge is 0.124 e. The quantitative estimate of drug-likeness (QED) is 0.882. The van der Waals surface area contributed by atoms with Crippen LogP contribution in [0.2, 0.25) is 0 Å². The van der Waals surface area contributed by atoms with E-state index in [9.17, 15) is 4.39 Å². The van der Waals surface area contributed by atoms with Gasteiger partial charge in [0.25, 0.3) is 0 Å². The highest BCUT2D eigenvalue weighted by Crippen LogP contribution is 2.35. The zero-order valence-corrected chi connectivity index (χ0v) is 12.3. The minimum Gasteiger partial charge on any atom is -0.496 e. The van der Waals surface area contributed by atoms with E-state index < -0.39 is 0 Å². The Morgan fingerprint density at radius 1 is 1.40 bits per heavy atom. The molecule has 106 valence electrons. The van der Waals surface area contributed by atoms with Crippen LogP contribution < -0.4 is 5.32 Å². The van der Waals surface area contributed by atoms with Crippen LogP contribution in [0.5, 0.6) is 0 Å². The molecule has 0 saturated carbocycles. The molecule has 4 heteroatoms. The van der Waals surface area contributed by atoms with Crippen molar-refractivity contribution in [2.24, 2.45) is 0 Å². The topological polar surface area (TPSA) is 21.3 Å². The fourth-order valence-electron chi connectivity index (χ4n) is 2.44. The molecule has 0 fully saturated rings. The van der Waals surface area contributed by atoms with Crippen LogP contribution in [-0.2, 0) is 4.74 Å². The van der Waals surface area contributed by atoms with E-state index in [2.05, 4.69) is 24.4 Å². The highest BCUT2D eigenvalue weighted by Gasteiger charge is 2.22. The average molecular weight is 291 g/mol. The maximum Gasteiger partial charge on any atom is 0.124 e. The van der Waals surface area contributed by atoms with E-state index in [1.165, 1.54) is 10.9 Å². The summed E-state index contributed by atoms with van der Waals surface area (Å²) < 4.78 is 20.0. The van der Waals surface area contributed by atoms with Crippen molar-refractivity contribution in [3.63, 3.8) is 0 Å². The second-order valence-corrected chi connectivity index (χ2v) is 6.08. The fourth-order valence-corrected chi connectivity index (χ4v) is 3.61. The monoisotopic (exact) mass is 291 g/mol. The van der Waals surface area contributed by atoms with Crippen molar-refractivity contribution in [3.05, 3.63) is 46.8 Å². The van der Waals surface area contributed by atoms with Crippen LogP contribution in [0.15, 0.2) is 36.1 Å². The third-order valence-corrected chi connectivity index (χ3v) is 4.56. The van der Waals surface area contributed by atoms with Crippen molar-refractivity contribution in [3.8, 4) is 0 Å². The van der Waals surface area contributed by atoms with Crippen molar-refractivity contribution in [1.29, 1.82) is 0 Å². The van der Waals surface area contributed by atoms with E-state index in [1.54, 1.807) is 17.4 Å². The number of benzene rings is 1. The van der Waals surface area contributed by atoms with Gasteiger partial charge in [-0.15, -0.1) is 11.3 Å². The summed E-state index contributed by atoms with van der Waals surface area (Å²) in [5, 5.41) is 4.62. The second-order valence-electron chi connectivity index (χ2n) is 4.96. The van der Waals surface area contributed by atoms with Crippen molar-refractivity contribution in [1.82, 2.24) is 5.32 Å². The van der Waals surface area contributed by atoms with E-state index in [-0.39, 0.29) is 11.9 Å². The van der Waals surface area contributed by atoms with Gasteiger partial charge in [-0.05, 0) is 42.6 Å². The lowest BCUT2D eigenvalue weighted by molar-refractivity contribution is 0.216. The molecule has 1 aliphatic heterocycles. The zero-order valence-electron chi connectivity index (χ0n) is 11.5. The lowest BCUT2D eigenvalue weighted by Crippen LogP contribution is -2.23. The van der Waals surface area contributed by atoms with Gasteiger partial charge in [-0.2, -0.15) is 0 Å². The fraction of sp³-hybridized carbons (Fsp3) is 0.375. The van der Waals surface area contributed by atoms with E-state index in [4.69, 9.17) is 4.74 Å². The van der Waals surface area contributed by atoms with Crippen LogP contribution in [0, 0.1) is 5.82 Å². The molecule has 0 amide bonds. The Labute approximate surface area is 122 Å². The average Bonchev–Trinajstić information content (AvgIpc) is 3.08. The van der Waals surface area contributed by atoms with Gasteiger partial charge in [0.05, 0.1) is 12.6 Å². The molecule has 0 radical (unpaired) electrons. The first-order valence-corrected chi connectivity index (χ1v) is 7.85. The summed E-state index contributed by atoms with van der Waals surface area (Å²) in [4.78, 5) is 1.19. The van der Waals surface area contributed by atoms with Crippen LogP contribution in [0.1, 0.15) is 30.7 Å². The Bertz CT molecular complexity index is 634.